The molecule has 26 heavy (non-hydrogen) atoms. The Morgan fingerprint density at radius 1 is 1.23 bits per heavy atom. The number of nitrogens with one attached hydrogen (secondary N) is 2. The van der Waals surface area contributed by atoms with Crippen molar-refractivity contribution in [2.24, 2.45) is 4.99 Å². The molecule has 2 aromatic carbocycles. The van der Waals surface area contributed by atoms with E-state index in [2.05, 4.69) is 21.7 Å². The summed E-state index contributed by atoms with van der Waals surface area (Å²) in [4.78, 5) is 4.53. The molecule has 0 aromatic heterocycles. The lowest BCUT2D eigenvalue weighted by molar-refractivity contribution is 0.223. The highest BCUT2D eigenvalue weighted by Crippen LogP contribution is 2.13. The van der Waals surface area contributed by atoms with E-state index in [0.29, 0.717) is 30.4 Å². The van der Waals surface area contributed by atoms with E-state index >= 15 is 0 Å². The van der Waals surface area contributed by atoms with E-state index in [1.807, 2.05) is 26.0 Å². The van der Waals surface area contributed by atoms with Crippen LogP contribution in [0.4, 0.5) is 4.39 Å². The van der Waals surface area contributed by atoms with Gasteiger partial charge in [0.15, 0.2) is 5.96 Å². The normalized spacial score (nSPS) is 12.2. The third-order valence-corrected chi connectivity index (χ3v) is 3.54. The van der Waals surface area contributed by atoms with Gasteiger partial charge in [-0.15, -0.1) is 0 Å². The van der Waals surface area contributed by atoms with Crippen LogP contribution in [0.15, 0.2) is 53.5 Å². The van der Waals surface area contributed by atoms with Crippen LogP contribution in [0.25, 0.3) is 0 Å². The van der Waals surface area contributed by atoms with Gasteiger partial charge in [-0.1, -0.05) is 18.2 Å². The minimum absolute atomic E-state index is 0.157. The molecule has 0 amide bonds. The second-order valence-corrected chi connectivity index (χ2v) is 5.77. The van der Waals surface area contributed by atoms with Crippen molar-refractivity contribution in [3.8, 4) is 11.8 Å². The second-order valence-electron chi connectivity index (χ2n) is 5.77. The van der Waals surface area contributed by atoms with Crippen LogP contribution in [-0.2, 0) is 6.54 Å². The van der Waals surface area contributed by atoms with E-state index < -0.39 is 0 Å². The summed E-state index contributed by atoms with van der Waals surface area (Å²) in [5.41, 5.74) is 1.65. The minimum atomic E-state index is -0.319. The molecule has 1 unspecified atom stereocenters. The van der Waals surface area contributed by atoms with Crippen LogP contribution in [0.3, 0.4) is 0 Å². The van der Waals surface area contributed by atoms with Gasteiger partial charge in [0, 0.05) is 12.6 Å². The first kappa shape index (κ1) is 19.3. The van der Waals surface area contributed by atoms with Crippen molar-refractivity contribution in [3.63, 3.8) is 0 Å². The standard InChI is InChI=1S/C20H23FN4O/c1-3-23-20(25-14-17-9-7-16(12-22)8-10-17)24-13-15(2)26-19-6-4-5-18(21)11-19/h4-11,15H,3,13-14H2,1-2H3,(H2,23,24,25). The molecule has 0 aliphatic carbocycles. The summed E-state index contributed by atoms with van der Waals surface area (Å²) in [6.45, 7) is 5.65. The molecule has 0 saturated heterocycles. The molecule has 2 rings (SSSR count). The fourth-order valence-corrected chi connectivity index (χ4v) is 2.25. The molecule has 0 spiro atoms. The molecular formula is C20H23FN4O. The zero-order valence-electron chi connectivity index (χ0n) is 15.0. The van der Waals surface area contributed by atoms with E-state index in [0.717, 1.165) is 12.1 Å². The van der Waals surface area contributed by atoms with Crippen LogP contribution in [0.5, 0.6) is 5.75 Å². The zero-order chi connectivity index (χ0) is 18.8. The van der Waals surface area contributed by atoms with Gasteiger partial charge in [-0.2, -0.15) is 5.26 Å². The molecule has 0 fully saturated rings. The maximum Gasteiger partial charge on any atom is 0.191 e. The number of nitrogens with zero attached hydrogens (tertiary/aromatic N) is 2. The van der Waals surface area contributed by atoms with Crippen LogP contribution in [0.2, 0.25) is 0 Å². The molecule has 0 bridgehead atoms. The largest absolute Gasteiger partial charge is 0.489 e. The molecule has 0 radical (unpaired) electrons. The first-order valence-corrected chi connectivity index (χ1v) is 8.54. The summed E-state index contributed by atoms with van der Waals surface area (Å²) in [5.74, 6) is 0.852. The number of ether oxygens (including phenoxy) is 1. The Morgan fingerprint density at radius 2 is 2.00 bits per heavy atom. The SMILES string of the molecule is CCNC(=NCc1ccc(C#N)cc1)NCC(C)Oc1cccc(F)c1. The van der Waals surface area contributed by atoms with E-state index in [1.54, 1.807) is 24.3 Å². The van der Waals surface area contributed by atoms with Gasteiger partial charge in [-0.25, -0.2) is 9.38 Å². The monoisotopic (exact) mass is 354 g/mol. The van der Waals surface area contributed by atoms with Crippen LogP contribution < -0.4 is 15.4 Å². The highest BCUT2D eigenvalue weighted by molar-refractivity contribution is 5.79. The number of nitriles is 1. The molecule has 0 heterocycles. The average Bonchev–Trinajstić information content (AvgIpc) is 2.64. The predicted molar refractivity (Wildman–Crippen MR) is 100 cm³/mol. The van der Waals surface area contributed by atoms with Crippen LogP contribution >= 0.6 is 0 Å². The van der Waals surface area contributed by atoms with Crippen molar-refractivity contribution < 1.29 is 9.13 Å². The lowest BCUT2D eigenvalue weighted by Crippen LogP contribution is -2.41. The lowest BCUT2D eigenvalue weighted by atomic mass is 10.1. The van der Waals surface area contributed by atoms with Crippen LogP contribution in [-0.4, -0.2) is 25.2 Å². The Balaban J connectivity index is 1.88. The number of benzene rings is 2. The third kappa shape index (κ3) is 6.44. The van der Waals surface area contributed by atoms with Crippen molar-refractivity contribution in [2.45, 2.75) is 26.5 Å². The Morgan fingerprint density at radius 3 is 2.65 bits per heavy atom. The molecule has 2 N–H and O–H groups in total. The number of guanidine groups is 1. The first-order valence-electron chi connectivity index (χ1n) is 8.54. The summed E-state index contributed by atoms with van der Waals surface area (Å²) in [6.07, 6.45) is -0.157. The fourth-order valence-electron chi connectivity index (χ4n) is 2.25. The van der Waals surface area contributed by atoms with E-state index in [1.165, 1.54) is 12.1 Å². The third-order valence-electron chi connectivity index (χ3n) is 3.54. The van der Waals surface area contributed by atoms with Gasteiger partial charge in [-0.05, 0) is 43.7 Å². The van der Waals surface area contributed by atoms with Crippen LogP contribution in [0.1, 0.15) is 25.0 Å². The maximum absolute atomic E-state index is 13.2. The topological polar surface area (TPSA) is 69.4 Å². The highest BCUT2D eigenvalue weighted by Gasteiger charge is 2.06. The van der Waals surface area contributed by atoms with Gasteiger partial charge in [0.2, 0.25) is 0 Å². The first-order chi connectivity index (χ1) is 12.6. The molecule has 1 atom stereocenters. The van der Waals surface area contributed by atoms with E-state index in [4.69, 9.17) is 10.00 Å². The number of rotatable bonds is 7. The van der Waals surface area contributed by atoms with Crippen LogP contribution in [0, 0.1) is 17.1 Å². The summed E-state index contributed by atoms with van der Waals surface area (Å²) in [5, 5.41) is 15.2. The van der Waals surface area contributed by atoms with Gasteiger partial charge >= 0.3 is 0 Å². The Kier molecular flexibility index (Phi) is 7.44. The van der Waals surface area contributed by atoms with E-state index in [-0.39, 0.29) is 11.9 Å². The quantitative estimate of drug-likeness (QED) is 0.592. The molecule has 5 nitrogen and oxygen atoms in total. The van der Waals surface area contributed by atoms with Crippen molar-refractivity contribution in [2.75, 3.05) is 13.1 Å². The van der Waals surface area contributed by atoms with Gasteiger partial charge in [-0.3, -0.25) is 0 Å². The lowest BCUT2D eigenvalue weighted by Gasteiger charge is -2.17. The van der Waals surface area contributed by atoms with Crippen molar-refractivity contribution in [1.82, 2.24) is 10.6 Å². The van der Waals surface area contributed by atoms with Crippen molar-refractivity contribution in [1.29, 1.82) is 5.26 Å². The van der Waals surface area contributed by atoms with Gasteiger partial charge in [0.25, 0.3) is 0 Å². The zero-order valence-corrected chi connectivity index (χ0v) is 15.0. The molecule has 0 aliphatic rings. The number of hydrogen-bond acceptors (Lipinski definition) is 3. The fraction of sp³-hybridized carbons (Fsp3) is 0.300. The summed E-state index contributed by atoms with van der Waals surface area (Å²) in [7, 11) is 0. The summed E-state index contributed by atoms with van der Waals surface area (Å²) < 4.78 is 18.9. The molecule has 6 heteroatoms. The maximum atomic E-state index is 13.2. The van der Waals surface area contributed by atoms with E-state index in [9.17, 15) is 4.39 Å². The highest BCUT2D eigenvalue weighted by atomic mass is 19.1. The summed E-state index contributed by atoms with van der Waals surface area (Å²) in [6, 6.07) is 15.5. The summed E-state index contributed by atoms with van der Waals surface area (Å²) >= 11 is 0. The minimum Gasteiger partial charge on any atom is -0.489 e. The Labute approximate surface area is 153 Å². The van der Waals surface area contributed by atoms with Gasteiger partial charge in [0.05, 0.1) is 24.7 Å². The molecule has 136 valence electrons. The molecular weight excluding hydrogens is 331 g/mol. The van der Waals surface area contributed by atoms with Gasteiger partial charge in [0.1, 0.15) is 17.7 Å². The molecule has 0 aliphatic heterocycles. The smallest absolute Gasteiger partial charge is 0.191 e. The Hall–Kier alpha value is -3.07. The average molecular weight is 354 g/mol. The Bertz CT molecular complexity index is 768. The van der Waals surface area contributed by atoms with Gasteiger partial charge < -0.3 is 15.4 Å². The predicted octanol–water partition coefficient (Wildman–Crippen LogP) is 3.22. The number of aliphatic imine (C=N–C) groups is 1. The second kappa shape index (κ2) is 10.0. The van der Waals surface area contributed by atoms with Crippen molar-refractivity contribution >= 4 is 5.96 Å². The molecule has 2 aromatic rings. The van der Waals surface area contributed by atoms with Crippen molar-refractivity contribution in [3.05, 3.63) is 65.5 Å². The number of hydrogen-bond donors (Lipinski definition) is 2. The number of halogens is 1. The molecule has 0 saturated carbocycles.